The minimum atomic E-state index is -3.85. The first-order chi connectivity index (χ1) is 10.3. The molecule has 22 heavy (non-hydrogen) atoms. The molecule has 0 aliphatic heterocycles. The van der Waals surface area contributed by atoms with Gasteiger partial charge in [0.25, 0.3) is 10.1 Å². The summed E-state index contributed by atoms with van der Waals surface area (Å²) in [6, 6.07) is 11.4. The smallest absolute Gasteiger partial charge is 0.258 e. The minimum Gasteiger partial charge on any atom is -0.258 e. The Kier molecular flexibility index (Phi) is 5.50. The Bertz CT molecular complexity index is 735. The van der Waals surface area contributed by atoms with E-state index in [1.54, 1.807) is 30.3 Å². The second-order valence-electron chi connectivity index (χ2n) is 4.96. The van der Waals surface area contributed by atoms with Gasteiger partial charge in [-0.25, -0.2) is 0 Å². The maximum absolute atomic E-state index is 12.4. The van der Waals surface area contributed by atoms with Gasteiger partial charge >= 0.3 is 0 Å². The van der Waals surface area contributed by atoms with E-state index in [-0.39, 0.29) is 4.90 Å². The molecule has 1 atom stereocenters. The summed E-state index contributed by atoms with van der Waals surface area (Å²) in [4.78, 5) is 0.129. The Labute approximate surface area is 141 Å². The molecule has 2 aromatic rings. The normalized spacial score (nSPS) is 13.1. The molecule has 0 fully saturated rings. The summed E-state index contributed by atoms with van der Waals surface area (Å²) in [5.41, 5.74) is 1.61. The van der Waals surface area contributed by atoms with Gasteiger partial charge in [-0.2, -0.15) is 8.42 Å². The van der Waals surface area contributed by atoms with E-state index in [4.69, 9.17) is 27.4 Å². The molecule has 0 radical (unpaired) electrons. The van der Waals surface area contributed by atoms with E-state index in [1.165, 1.54) is 12.1 Å². The predicted molar refractivity (Wildman–Crippen MR) is 88.9 cm³/mol. The average molecular weight is 359 g/mol. The van der Waals surface area contributed by atoms with E-state index in [0.717, 1.165) is 5.56 Å². The number of rotatable bonds is 5. The minimum absolute atomic E-state index is 0.129. The van der Waals surface area contributed by atoms with Crippen molar-refractivity contribution in [2.75, 3.05) is 0 Å². The zero-order valence-electron chi connectivity index (χ0n) is 12.2. The van der Waals surface area contributed by atoms with Crippen LogP contribution >= 0.6 is 23.2 Å². The van der Waals surface area contributed by atoms with Gasteiger partial charge < -0.3 is 0 Å². The Morgan fingerprint density at radius 3 is 2.09 bits per heavy atom. The van der Waals surface area contributed by atoms with Crippen molar-refractivity contribution >= 4 is 33.3 Å². The van der Waals surface area contributed by atoms with Gasteiger partial charge in [0.1, 0.15) is 6.10 Å². The maximum atomic E-state index is 12.4. The van der Waals surface area contributed by atoms with Crippen LogP contribution in [0.5, 0.6) is 0 Å². The first-order valence-electron chi connectivity index (χ1n) is 6.78. The van der Waals surface area contributed by atoms with E-state index in [2.05, 4.69) is 0 Å². The molecule has 2 rings (SSSR count). The lowest BCUT2D eigenvalue weighted by molar-refractivity contribution is 0.209. The molecule has 3 nitrogen and oxygen atoms in total. The topological polar surface area (TPSA) is 43.4 Å². The van der Waals surface area contributed by atoms with Gasteiger partial charge in [-0.1, -0.05) is 47.8 Å². The van der Waals surface area contributed by atoms with Crippen molar-refractivity contribution in [2.45, 2.75) is 31.3 Å². The molecule has 2 aromatic carbocycles. The molecule has 0 unspecified atom stereocenters. The largest absolute Gasteiger partial charge is 0.297 e. The quantitative estimate of drug-likeness (QED) is 0.693. The molecule has 6 heteroatoms. The third kappa shape index (κ3) is 4.23. The van der Waals surface area contributed by atoms with Crippen LogP contribution in [0.15, 0.2) is 47.4 Å². The van der Waals surface area contributed by atoms with Crippen molar-refractivity contribution in [1.82, 2.24) is 0 Å². The van der Waals surface area contributed by atoms with E-state index in [0.29, 0.717) is 22.0 Å². The lowest BCUT2D eigenvalue weighted by Gasteiger charge is -2.17. The molecule has 0 aliphatic rings. The second kappa shape index (κ2) is 7.01. The van der Waals surface area contributed by atoms with Crippen molar-refractivity contribution in [3.8, 4) is 0 Å². The average Bonchev–Trinajstić information content (AvgIpc) is 2.44. The summed E-state index contributed by atoms with van der Waals surface area (Å²) in [5.74, 6) is 0. The Balaban J connectivity index is 2.31. The highest BCUT2D eigenvalue weighted by atomic mass is 35.5. The molecule has 0 amide bonds. The molecule has 0 saturated carbocycles. The molecule has 0 bridgehead atoms. The van der Waals surface area contributed by atoms with Crippen LogP contribution in [0.3, 0.4) is 0 Å². The van der Waals surface area contributed by atoms with Gasteiger partial charge in [0.15, 0.2) is 0 Å². The standard InChI is InChI=1S/C16H16Cl2O3S/c1-3-16(12-8-13(17)10-14(18)9-12)21-22(19,20)15-6-4-11(2)5-7-15/h4-10,16H,3H2,1-2H3/t16-/m0/s1. The van der Waals surface area contributed by atoms with Gasteiger partial charge in [0, 0.05) is 10.0 Å². The zero-order chi connectivity index (χ0) is 16.3. The van der Waals surface area contributed by atoms with Crippen LogP contribution in [0.1, 0.15) is 30.6 Å². The monoisotopic (exact) mass is 358 g/mol. The number of halogens is 2. The first kappa shape index (κ1) is 17.3. The predicted octanol–water partition coefficient (Wildman–Crippen LogP) is 5.16. The van der Waals surface area contributed by atoms with Crippen LogP contribution in [0, 0.1) is 6.92 Å². The zero-order valence-corrected chi connectivity index (χ0v) is 14.5. The van der Waals surface area contributed by atoms with Gasteiger partial charge in [-0.15, -0.1) is 0 Å². The highest BCUT2D eigenvalue weighted by Crippen LogP contribution is 2.30. The van der Waals surface area contributed by atoms with Crippen molar-refractivity contribution in [1.29, 1.82) is 0 Å². The van der Waals surface area contributed by atoms with E-state index < -0.39 is 16.2 Å². The molecule has 0 spiro atoms. The molecule has 118 valence electrons. The summed E-state index contributed by atoms with van der Waals surface area (Å²) in [6.07, 6.45) is -0.163. The van der Waals surface area contributed by atoms with E-state index in [1.807, 2.05) is 13.8 Å². The van der Waals surface area contributed by atoms with Crippen LogP contribution in [-0.4, -0.2) is 8.42 Å². The second-order valence-corrected chi connectivity index (χ2v) is 7.41. The van der Waals surface area contributed by atoms with Gasteiger partial charge in [-0.05, 0) is 49.2 Å². The SMILES string of the molecule is CC[C@H](OS(=O)(=O)c1ccc(C)cc1)c1cc(Cl)cc(Cl)c1. The Morgan fingerprint density at radius 1 is 1.05 bits per heavy atom. The number of aryl methyl sites for hydroxylation is 1. The molecular weight excluding hydrogens is 343 g/mol. The van der Waals surface area contributed by atoms with Crippen molar-refractivity contribution < 1.29 is 12.6 Å². The first-order valence-corrected chi connectivity index (χ1v) is 8.94. The summed E-state index contributed by atoms with van der Waals surface area (Å²) < 4.78 is 30.1. The third-order valence-corrected chi connectivity index (χ3v) is 4.95. The Morgan fingerprint density at radius 2 is 1.59 bits per heavy atom. The lowest BCUT2D eigenvalue weighted by Crippen LogP contribution is -2.12. The summed E-state index contributed by atoms with van der Waals surface area (Å²) in [7, 11) is -3.85. The van der Waals surface area contributed by atoms with Gasteiger partial charge in [-0.3, -0.25) is 4.18 Å². The van der Waals surface area contributed by atoms with Crippen molar-refractivity contribution in [3.05, 3.63) is 63.6 Å². The molecule has 0 aliphatic carbocycles. The van der Waals surface area contributed by atoms with Crippen LogP contribution < -0.4 is 0 Å². The molecule has 0 aromatic heterocycles. The fraction of sp³-hybridized carbons (Fsp3) is 0.250. The fourth-order valence-corrected chi connectivity index (χ4v) is 3.71. The maximum Gasteiger partial charge on any atom is 0.297 e. The van der Waals surface area contributed by atoms with Crippen LogP contribution in [0.4, 0.5) is 0 Å². The summed E-state index contributed by atoms with van der Waals surface area (Å²) in [5, 5.41) is 0.884. The number of benzene rings is 2. The van der Waals surface area contributed by atoms with Crippen LogP contribution in [-0.2, 0) is 14.3 Å². The highest BCUT2D eigenvalue weighted by molar-refractivity contribution is 7.86. The summed E-state index contributed by atoms with van der Waals surface area (Å²) >= 11 is 11.9. The van der Waals surface area contributed by atoms with E-state index >= 15 is 0 Å². The van der Waals surface area contributed by atoms with Crippen LogP contribution in [0.2, 0.25) is 10.0 Å². The number of hydrogen-bond donors (Lipinski definition) is 0. The molecule has 0 saturated heterocycles. The van der Waals surface area contributed by atoms with Crippen molar-refractivity contribution in [2.24, 2.45) is 0 Å². The molecule has 0 N–H and O–H groups in total. The van der Waals surface area contributed by atoms with Gasteiger partial charge in [0.2, 0.25) is 0 Å². The molecular formula is C16H16Cl2O3S. The van der Waals surface area contributed by atoms with E-state index in [9.17, 15) is 8.42 Å². The van der Waals surface area contributed by atoms with Crippen molar-refractivity contribution in [3.63, 3.8) is 0 Å². The fourth-order valence-electron chi connectivity index (χ4n) is 2.03. The number of hydrogen-bond acceptors (Lipinski definition) is 3. The Hall–Kier alpha value is -1.07. The van der Waals surface area contributed by atoms with Gasteiger partial charge in [0.05, 0.1) is 4.90 Å². The van der Waals surface area contributed by atoms with Crippen LogP contribution in [0.25, 0.3) is 0 Å². The lowest BCUT2D eigenvalue weighted by atomic mass is 10.1. The molecule has 0 heterocycles. The highest BCUT2D eigenvalue weighted by Gasteiger charge is 2.22. The summed E-state index contributed by atoms with van der Waals surface area (Å²) in [6.45, 7) is 3.73. The third-order valence-electron chi connectivity index (χ3n) is 3.18.